The molecule has 4 rings (SSSR count). The maximum Gasteiger partial charge on any atom is 0.264 e. The number of sulfonamides is 1. The third-order valence-corrected chi connectivity index (χ3v) is 8.82. The molecule has 38 heavy (non-hydrogen) atoms. The number of amides is 1. The summed E-state index contributed by atoms with van der Waals surface area (Å²) in [5.74, 6) is -0.655. The van der Waals surface area contributed by atoms with E-state index in [1.165, 1.54) is 30.5 Å². The number of aromatic nitrogens is 1. The van der Waals surface area contributed by atoms with Gasteiger partial charge in [0.2, 0.25) is 0 Å². The lowest BCUT2D eigenvalue weighted by molar-refractivity contribution is -0.119. The first-order chi connectivity index (χ1) is 18.1. The van der Waals surface area contributed by atoms with Crippen LogP contribution in [0.1, 0.15) is 17.0 Å². The van der Waals surface area contributed by atoms with E-state index >= 15 is 0 Å². The van der Waals surface area contributed by atoms with E-state index in [4.69, 9.17) is 23.2 Å². The molecular formula is C27H23BrCl2N4O3S. The maximum atomic E-state index is 13.5. The molecule has 1 aromatic heterocycles. The number of hydrogen-bond donors (Lipinski definition) is 1. The van der Waals surface area contributed by atoms with E-state index in [0.717, 1.165) is 31.4 Å². The molecule has 4 aromatic rings. The first kappa shape index (κ1) is 27.9. The van der Waals surface area contributed by atoms with Crippen LogP contribution in [0.5, 0.6) is 0 Å². The normalized spacial score (nSPS) is 11.6. The Kier molecular flexibility index (Phi) is 8.62. The van der Waals surface area contributed by atoms with Crippen molar-refractivity contribution in [1.82, 2.24) is 9.99 Å². The van der Waals surface area contributed by atoms with Gasteiger partial charge in [-0.3, -0.25) is 9.10 Å². The second-order valence-corrected chi connectivity index (χ2v) is 11.9. The number of benzene rings is 3. The van der Waals surface area contributed by atoms with Crippen LogP contribution in [0.25, 0.3) is 5.69 Å². The fourth-order valence-electron chi connectivity index (χ4n) is 3.97. The Hall–Kier alpha value is -3.11. The van der Waals surface area contributed by atoms with Gasteiger partial charge >= 0.3 is 0 Å². The Balaban J connectivity index is 1.58. The van der Waals surface area contributed by atoms with Crippen LogP contribution in [-0.4, -0.2) is 31.7 Å². The molecule has 1 heterocycles. The lowest BCUT2D eigenvalue weighted by Crippen LogP contribution is -2.39. The first-order valence-electron chi connectivity index (χ1n) is 11.4. The van der Waals surface area contributed by atoms with Crippen molar-refractivity contribution in [3.8, 4) is 5.69 Å². The van der Waals surface area contributed by atoms with Gasteiger partial charge in [-0.05, 0) is 62.4 Å². The molecular weight excluding hydrogens is 611 g/mol. The topological polar surface area (TPSA) is 83.8 Å². The summed E-state index contributed by atoms with van der Waals surface area (Å²) in [5.41, 5.74) is 6.21. The summed E-state index contributed by atoms with van der Waals surface area (Å²) < 4.78 is 30.9. The van der Waals surface area contributed by atoms with E-state index in [1.54, 1.807) is 24.3 Å². The zero-order valence-corrected chi connectivity index (χ0v) is 24.3. The molecule has 0 aliphatic carbocycles. The lowest BCUT2D eigenvalue weighted by atomic mass is 10.2. The average molecular weight is 634 g/mol. The number of rotatable bonds is 8. The molecule has 1 amide bonds. The van der Waals surface area contributed by atoms with E-state index in [-0.39, 0.29) is 20.6 Å². The summed E-state index contributed by atoms with van der Waals surface area (Å²) in [6, 6.07) is 22.2. The van der Waals surface area contributed by atoms with Gasteiger partial charge in [-0.25, -0.2) is 13.8 Å². The highest BCUT2D eigenvalue weighted by molar-refractivity contribution is 9.10. The first-order valence-corrected chi connectivity index (χ1v) is 14.4. The van der Waals surface area contributed by atoms with Crippen LogP contribution in [0.15, 0.2) is 93.3 Å². The quantitative estimate of drug-likeness (QED) is 0.177. The molecule has 0 aliphatic rings. The van der Waals surface area contributed by atoms with Crippen molar-refractivity contribution in [2.75, 3.05) is 10.8 Å². The lowest BCUT2D eigenvalue weighted by Gasteiger charge is -2.24. The van der Waals surface area contributed by atoms with Crippen LogP contribution < -0.4 is 9.73 Å². The molecule has 0 aliphatic heterocycles. The number of nitrogens with zero attached hydrogens (tertiary/aromatic N) is 3. The summed E-state index contributed by atoms with van der Waals surface area (Å²) in [7, 11) is -4.14. The molecule has 0 spiro atoms. The summed E-state index contributed by atoms with van der Waals surface area (Å²) >= 11 is 16.0. The molecule has 0 unspecified atom stereocenters. The minimum atomic E-state index is -4.14. The third-order valence-electron chi connectivity index (χ3n) is 5.75. The Morgan fingerprint density at radius 2 is 1.74 bits per heavy atom. The van der Waals surface area contributed by atoms with E-state index in [9.17, 15) is 13.2 Å². The molecule has 0 saturated carbocycles. The van der Waals surface area contributed by atoms with Crippen molar-refractivity contribution < 1.29 is 13.2 Å². The van der Waals surface area contributed by atoms with Gasteiger partial charge in [0.25, 0.3) is 15.9 Å². The van der Waals surface area contributed by atoms with Crippen molar-refractivity contribution in [2.24, 2.45) is 5.10 Å². The van der Waals surface area contributed by atoms with E-state index in [0.29, 0.717) is 0 Å². The smallest absolute Gasteiger partial charge is 0.264 e. The summed E-state index contributed by atoms with van der Waals surface area (Å²) in [4.78, 5) is 12.9. The fraction of sp³-hybridized carbons (Fsp3) is 0.111. The number of hydrogen-bond acceptors (Lipinski definition) is 4. The Morgan fingerprint density at radius 1 is 1.03 bits per heavy atom. The number of hydrazone groups is 1. The number of halogens is 3. The molecule has 7 nitrogen and oxygen atoms in total. The predicted molar refractivity (Wildman–Crippen MR) is 156 cm³/mol. The number of carbonyl (C=O) groups excluding carboxylic acids is 1. The predicted octanol–water partition coefficient (Wildman–Crippen LogP) is 6.51. The van der Waals surface area contributed by atoms with Gasteiger partial charge in [0.15, 0.2) is 0 Å². The highest BCUT2D eigenvalue weighted by Crippen LogP contribution is 2.35. The number of nitrogens with one attached hydrogen (secondary N) is 1. The number of anilines is 1. The van der Waals surface area contributed by atoms with Gasteiger partial charge < -0.3 is 4.57 Å². The van der Waals surface area contributed by atoms with Crippen molar-refractivity contribution in [3.05, 3.63) is 110 Å². The van der Waals surface area contributed by atoms with E-state index < -0.39 is 22.5 Å². The van der Waals surface area contributed by atoms with Gasteiger partial charge in [-0.15, -0.1) is 0 Å². The summed E-state index contributed by atoms with van der Waals surface area (Å²) in [6.07, 6.45) is 1.52. The average Bonchev–Trinajstić information content (AvgIpc) is 3.17. The van der Waals surface area contributed by atoms with E-state index in [2.05, 4.69) is 31.0 Å². The molecule has 0 saturated heterocycles. The van der Waals surface area contributed by atoms with E-state index in [1.807, 2.05) is 44.2 Å². The zero-order chi connectivity index (χ0) is 27.4. The largest absolute Gasteiger partial charge is 0.318 e. The van der Waals surface area contributed by atoms with Crippen molar-refractivity contribution >= 4 is 67.0 Å². The molecule has 0 fully saturated rings. The second-order valence-electron chi connectivity index (χ2n) is 8.33. The number of carbonyl (C=O) groups is 1. The SMILES string of the molecule is Cc1cc(/C=N\NC(=O)CN(c2cccc(Cl)c2Cl)S(=O)(=O)c2ccccc2)c(C)n1-c1cccc(Br)c1. The second kappa shape index (κ2) is 11.7. The van der Waals surface area contributed by atoms with Gasteiger partial charge in [0.05, 0.1) is 26.8 Å². The monoisotopic (exact) mass is 632 g/mol. The molecule has 1 N–H and O–H groups in total. The van der Waals surface area contributed by atoms with Crippen LogP contribution in [0, 0.1) is 13.8 Å². The fourth-order valence-corrected chi connectivity index (χ4v) is 6.26. The highest BCUT2D eigenvalue weighted by Gasteiger charge is 2.29. The molecule has 0 radical (unpaired) electrons. The van der Waals surface area contributed by atoms with Crippen LogP contribution >= 0.6 is 39.1 Å². The van der Waals surface area contributed by atoms with Crippen LogP contribution in [-0.2, 0) is 14.8 Å². The third kappa shape index (κ3) is 5.96. The molecule has 196 valence electrons. The highest BCUT2D eigenvalue weighted by atomic mass is 79.9. The Labute approximate surface area is 239 Å². The van der Waals surface area contributed by atoms with Crippen molar-refractivity contribution in [3.63, 3.8) is 0 Å². The Bertz CT molecular complexity index is 1620. The molecule has 11 heteroatoms. The minimum absolute atomic E-state index is 0.00679. The van der Waals surface area contributed by atoms with Crippen molar-refractivity contribution in [2.45, 2.75) is 18.7 Å². The standard InChI is InChI=1S/C27H23BrCl2N4O3S/c1-18-14-20(19(2)34(18)22-9-6-8-21(28)15-22)16-31-32-26(35)17-33(25-13-7-12-24(29)27(25)30)38(36,37)23-10-4-3-5-11-23/h3-16H,17H2,1-2H3,(H,32,35)/b31-16-. The zero-order valence-electron chi connectivity index (χ0n) is 20.4. The van der Waals surface area contributed by atoms with Gasteiger partial charge in [-0.1, -0.05) is 69.5 Å². The van der Waals surface area contributed by atoms with Gasteiger partial charge in [0, 0.05) is 27.1 Å². The Morgan fingerprint density at radius 3 is 2.45 bits per heavy atom. The van der Waals surface area contributed by atoms with Gasteiger partial charge in [-0.2, -0.15) is 5.10 Å². The van der Waals surface area contributed by atoms with Crippen LogP contribution in [0.4, 0.5) is 5.69 Å². The van der Waals surface area contributed by atoms with Crippen molar-refractivity contribution in [1.29, 1.82) is 0 Å². The van der Waals surface area contributed by atoms with Crippen LogP contribution in [0.3, 0.4) is 0 Å². The molecule has 3 aromatic carbocycles. The maximum absolute atomic E-state index is 13.5. The molecule has 0 bridgehead atoms. The summed E-state index contributed by atoms with van der Waals surface area (Å²) in [6.45, 7) is 3.36. The summed E-state index contributed by atoms with van der Waals surface area (Å²) in [5, 5.41) is 4.26. The van der Waals surface area contributed by atoms with Gasteiger partial charge in [0.1, 0.15) is 6.54 Å². The van der Waals surface area contributed by atoms with Crippen LogP contribution in [0.2, 0.25) is 10.0 Å². The number of aryl methyl sites for hydroxylation is 1. The molecule has 0 atom stereocenters. The minimum Gasteiger partial charge on any atom is -0.318 e.